The van der Waals surface area contributed by atoms with Crippen molar-refractivity contribution in [1.29, 1.82) is 0 Å². The average molecular weight is 430 g/mol. The minimum absolute atomic E-state index is 0.00592. The second kappa shape index (κ2) is 8.63. The number of hydrogen-bond donors (Lipinski definition) is 1. The van der Waals surface area contributed by atoms with Crippen LogP contribution in [0.5, 0.6) is 5.75 Å². The number of anilines is 1. The van der Waals surface area contributed by atoms with E-state index in [1.165, 1.54) is 0 Å². The van der Waals surface area contributed by atoms with E-state index in [1.807, 2.05) is 29.8 Å². The quantitative estimate of drug-likeness (QED) is 0.733. The lowest BCUT2D eigenvalue weighted by atomic mass is 9.94. The van der Waals surface area contributed by atoms with Crippen molar-refractivity contribution >= 4 is 23.5 Å². The molecule has 1 aromatic heterocycles. The molecule has 7 heteroatoms. The number of para-hydroxylation sites is 1. The van der Waals surface area contributed by atoms with Gasteiger partial charge in [-0.1, -0.05) is 25.1 Å². The number of amides is 1. The molecule has 2 aliphatic rings. The summed E-state index contributed by atoms with van der Waals surface area (Å²) < 4.78 is 14.0. The number of nitrogens with zero attached hydrogens (tertiary/aromatic N) is 2. The summed E-state index contributed by atoms with van der Waals surface area (Å²) in [5, 5.41) is 8.07. The number of benzene rings is 1. The van der Waals surface area contributed by atoms with Gasteiger partial charge in [0.25, 0.3) is 0 Å². The standard InChI is InChI=1S/C23H31N3O3S/c1-5-11-28-18-9-7-6-8-17(18)21-20-15(2)25-26(22(20)24-19(27)14-30-21)16-10-12-29-23(3,4)13-16/h6-9,16,21H,5,10-14H2,1-4H3,(H,24,27)/t16-,21+/m0/s1. The summed E-state index contributed by atoms with van der Waals surface area (Å²) in [6.07, 6.45) is 2.71. The van der Waals surface area contributed by atoms with Gasteiger partial charge >= 0.3 is 0 Å². The first kappa shape index (κ1) is 21.2. The average Bonchev–Trinajstić information content (AvgIpc) is 2.91. The van der Waals surface area contributed by atoms with Gasteiger partial charge in [0, 0.05) is 17.7 Å². The van der Waals surface area contributed by atoms with Crippen molar-refractivity contribution in [3.05, 3.63) is 41.1 Å². The Balaban J connectivity index is 1.78. The number of ether oxygens (including phenoxy) is 2. The van der Waals surface area contributed by atoms with Crippen LogP contribution in [0.3, 0.4) is 0 Å². The molecule has 162 valence electrons. The second-order valence-corrected chi connectivity index (χ2v) is 9.77. The Morgan fingerprint density at radius 3 is 2.93 bits per heavy atom. The van der Waals surface area contributed by atoms with E-state index in [9.17, 15) is 4.79 Å². The van der Waals surface area contributed by atoms with Crippen LogP contribution in [-0.4, -0.2) is 40.3 Å². The molecule has 0 radical (unpaired) electrons. The molecule has 1 saturated heterocycles. The highest BCUT2D eigenvalue weighted by atomic mass is 32.2. The molecule has 0 aliphatic carbocycles. The van der Waals surface area contributed by atoms with Gasteiger partial charge in [0.05, 0.1) is 34.9 Å². The molecule has 1 fully saturated rings. The Kier molecular flexibility index (Phi) is 6.11. The fraction of sp³-hybridized carbons (Fsp3) is 0.565. The Morgan fingerprint density at radius 2 is 2.17 bits per heavy atom. The third-order valence-corrected chi connectivity index (χ3v) is 6.96. The maximum absolute atomic E-state index is 12.6. The SMILES string of the molecule is CCCOc1ccccc1[C@H]1SCC(=O)Nc2c1c(C)nn2[C@H]1CCOC(C)(C)C1. The van der Waals surface area contributed by atoms with Crippen LogP contribution in [0, 0.1) is 6.92 Å². The van der Waals surface area contributed by atoms with Crippen LogP contribution in [0.2, 0.25) is 0 Å². The van der Waals surface area contributed by atoms with E-state index in [0.29, 0.717) is 19.0 Å². The highest BCUT2D eigenvalue weighted by molar-refractivity contribution is 8.00. The van der Waals surface area contributed by atoms with Crippen molar-refractivity contribution in [2.24, 2.45) is 0 Å². The summed E-state index contributed by atoms with van der Waals surface area (Å²) in [7, 11) is 0. The minimum atomic E-state index is -0.195. The number of hydrogen-bond acceptors (Lipinski definition) is 5. The molecule has 30 heavy (non-hydrogen) atoms. The third-order valence-electron chi connectivity index (χ3n) is 5.71. The van der Waals surface area contributed by atoms with E-state index in [1.54, 1.807) is 11.8 Å². The maximum atomic E-state index is 12.6. The summed E-state index contributed by atoms with van der Waals surface area (Å²) in [6, 6.07) is 8.37. The fourth-order valence-electron chi connectivity index (χ4n) is 4.37. The summed E-state index contributed by atoms with van der Waals surface area (Å²) in [5.74, 6) is 2.14. The molecule has 0 saturated carbocycles. The Bertz CT molecular complexity index is 924. The fourth-order valence-corrected chi connectivity index (χ4v) is 5.58. The molecule has 1 aromatic carbocycles. The van der Waals surface area contributed by atoms with Gasteiger partial charge in [-0.2, -0.15) is 5.10 Å². The molecule has 3 heterocycles. The van der Waals surface area contributed by atoms with E-state index >= 15 is 0 Å². The van der Waals surface area contributed by atoms with Crippen LogP contribution >= 0.6 is 11.8 Å². The van der Waals surface area contributed by atoms with Crippen LogP contribution in [0.15, 0.2) is 24.3 Å². The first-order valence-corrected chi connectivity index (χ1v) is 11.8. The van der Waals surface area contributed by atoms with Gasteiger partial charge in [0.15, 0.2) is 0 Å². The van der Waals surface area contributed by atoms with Gasteiger partial charge in [-0.3, -0.25) is 4.79 Å². The zero-order valence-electron chi connectivity index (χ0n) is 18.2. The molecule has 2 atom stereocenters. The zero-order valence-corrected chi connectivity index (χ0v) is 19.1. The lowest BCUT2D eigenvalue weighted by Gasteiger charge is -2.36. The summed E-state index contributed by atoms with van der Waals surface area (Å²) in [5.41, 5.74) is 2.95. The second-order valence-electron chi connectivity index (χ2n) is 8.67. The predicted molar refractivity (Wildman–Crippen MR) is 120 cm³/mol. The van der Waals surface area contributed by atoms with E-state index in [-0.39, 0.29) is 22.8 Å². The molecule has 0 bridgehead atoms. The van der Waals surface area contributed by atoms with Gasteiger partial charge in [0.1, 0.15) is 11.6 Å². The smallest absolute Gasteiger partial charge is 0.235 e. The maximum Gasteiger partial charge on any atom is 0.235 e. The zero-order chi connectivity index (χ0) is 21.3. The number of nitrogens with one attached hydrogen (secondary N) is 1. The molecule has 0 unspecified atom stereocenters. The Morgan fingerprint density at radius 1 is 1.37 bits per heavy atom. The number of fused-ring (bicyclic) bond motifs is 1. The molecule has 0 spiro atoms. The molecule has 2 aromatic rings. The van der Waals surface area contributed by atoms with E-state index in [2.05, 4.69) is 32.2 Å². The van der Waals surface area contributed by atoms with Crippen molar-refractivity contribution in [3.63, 3.8) is 0 Å². The monoisotopic (exact) mass is 429 g/mol. The number of aryl methyl sites for hydroxylation is 1. The van der Waals surface area contributed by atoms with Gasteiger partial charge in [-0.05, 0) is 46.1 Å². The number of rotatable bonds is 5. The highest BCUT2D eigenvalue weighted by Crippen LogP contribution is 2.47. The molecule has 1 amide bonds. The van der Waals surface area contributed by atoms with Crippen molar-refractivity contribution in [3.8, 4) is 5.75 Å². The number of aromatic nitrogens is 2. The molecule has 1 N–H and O–H groups in total. The molecular formula is C23H31N3O3S. The molecule has 6 nitrogen and oxygen atoms in total. The molecule has 4 rings (SSSR count). The van der Waals surface area contributed by atoms with Crippen LogP contribution in [0.1, 0.15) is 68.1 Å². The topological polar surface area (TPSA) is 65.4 Å². The first-order chi connectivity index (χ1) is 14.4. The van der Waals surface area contributed by atoms with E-state index < -0.39 is 0 Å². The van der Waals surface area contributed by atoms with Crippen LogP contribution in [-0.2, 0) is 9.53 Å². The Labute approximate surface area is 182 Å². The Hall–Kier alpha value is -1.99. The third kappa shape index (κ3) is 4.23. The van der Waals surface area contributed by atoms with Gasteiger partial charge in [-0.15, -0.1) is 11.8 Å². The van der Waals surface area contributed by atoms with Crippen molar-refractivity contribution in [2.75, 3.05) is 24.3 Å². The highest BCUT2D eigenvalue weighted by Gasteiger charge is 2.36. The largest absolute Gasteiger partial charge is 0.493 e. The lowest BCUT2D eigenvalue weighted by Crippen LogP contribution is -2.36. The van der Waals surface area contributed by atoms with Gasteiger partial charge in [0.2, 0.25) is 5.91 Å². The lowest BCUT2D eigenvalue weighted by molar-refractivity contribution is -0.113. The normalized spacial score (nSPS) is 23.4. The number of carbonyl (C=O) groups excluding carboxylic acids is 1. The van der Waals surface area contributed by atoms with Crippen molar-refractivity contribution < 1.29 is 14.3 Å². The summed E-state index contributed by atoms with van der Waals surface area (Å²) >= 11 is 1.64. The van der Waals surface area contributed by atoms with Gasteiger partial charge < -0.3 is 14.8 Å². The van der Waals surface area contributed by atoms with E-state index in [0.717, 1.165) is 47.7 Å². The number of thioether (sulfide) groups is 1. The van der Waals surface area contributed by atoms with Crippen molar-refractivity contribution in [2.45, 2.75) is 63.9 Å². The minimum Gasteiger partial charge on any atom is -0.493 e. The van der Waals surface area contributed by atoms with Crippen molar-refractivity contribution in [1.82, 2.24) is 9.78 Å². The predicted octanol–water partition coefficient (Wildman–Crippen LogP) is 4.89. The number of carbonyl (C=O) groups is 1. The van der Waals surface area contributed by atoms with Crippen LogP contribution in [0.25, 0.3) is 0 Å². The summed E-state index contributed by atoms with van der Waals surface area (Å²) in [6.45, 7) is 9.76. The van der Waals surface area contributed by atoms with Gasteiger partial charge in [-0.25, -0.2) is 4.68 Å². The first-order valence-electron chi connectivity index (χ1n) is 10.8. The molecular weight excluding hydrogens is 398 g/mol. The van der Waals surface area contributed by atoms with Crippen LogP contribution in [0.4, 0.5) is 5.82 Å². The summed E-state index contributed by atoms with van der Waals surface area (Å²) in [4.78, 5) is 12.6. The van der Waals surface area contributed by atoms with E-state index in [4.69, 9.17) is 14.6 Å². The van der Waals surface area contributed by atoms with Crippen LogP contribution < -0.4 is 10.1 Å². The molecule has 2 aliphatic heterocycles.